The Morgan fingerprint density at radius 3 is 2.40 bits per heavy atom. The zero-order valence-electron chi connectivity index (χ0n) is 6.68. The van der Waals surface area contributed by atoms with Crippen molar-refractivity contribution >= 4 is 6.21 Å². The number of nitrogens with zero attached hydrogens (tertiary/aromatic N) is 1. The van der Waals surface area contributed by atoms with Crippen LogP contribution in [0.4, 0.5) is 0 Å². The first-order valence-corrected chi connectivity index (χ1v) is 4.48. The van der Waals surface area contributed by atoms with Crippen molar-refractivity contribution in [2.45, 2.75) is 44.9 Å². The van der Waals surface area contributed by atoms with Crippen molar-refractivity contribution < 1.29 is 0 Å². The second-order valence-electron chi connectivity index (χ2n) is 3.00. The zero-order valence-corrected chi connectivity index (χ0v) is 6.68. The van der Waals surface area contributed by atoms with E-state index < -0.39 is 0 Å². The molecule has 1 nitrogen and oxygen atoms in total. The molecule has 0 bridgehead atoms. The molecule has 58 valence electrons. The minimum atomic E-state index is 1.07. The summed E-state index contributed by atoms with van der Waals surface area (Å²) in [5, 5.41) is 0. The first kappa shape index (κ1) is 7.77. The lowest BCUT2D eigenvalue weighted by molar-refractivity contribution is 0.599. The molecule has 1 heteroatoms. The summed E-state index contributed by atoms with van der Waals surface area (Å²) in [6, 6.07) is 0. The molecule has 10 heavy (non-hydrogen) atoms. The molecule has 0 aliphatic carbocycles. The van der Waals surface area contributed by atoms with Crippen LogP contribution >= 0.6 is 0 Å². The Morgan fingerprint density at radius 1 is 0.800 bits per heavy atom. The van der Waals surface area contributed by atoms with E-state index in [1.807, 2.05) is 0 Å². The van der Waals surface area contributed by atoms with Crippen molar-refractivity contribution in [3.05, 3.63) is 0 Å². The smallest absolute Gasteiger partial charge is 0.0385 e. The van der Waals surface area contributed by atoms with Gasteiger partial charge in [0.1, 0.15) is 0 Å². The minimum absolute atomic E-state index is 1.07. The van der Waals surface area contributed by atoms with Gasteiger partial charge in [-0.2, -0.15) is 0 Å². The van der Waals surface area contributed by atoms with Gasteiger partial charge < -0.3 is 0 Å². The van der Waals surface area contributed by atoms with Crippen LogP contribution in [0, 0.1) is 0 Å². The van der Waals surface area contributed by atoms with Gasteiger partial charge in [-0.3, -0.25) is 4.99 Å². The normalized spacial score (nSPS) is 25.6. The molecule has 0 amide bonds. The van der Waals surface area contributed by atoms with Gasteiger partial charge in [-0.05, 0) is 25.5 Å². The molecule has 0 aromatic rings. The lowest BCUT2D eigenvalue weighted by Gasteiger charge is -2.01. The molecule has 0 fully saturated rings. The van der Waals surface area contributed by atoms with Gasteiger partial charge in [0.05, 0.1) is 0 Å². The Bertz CT molecular complexity index is 84.9. The molecule has 1 aliphatic heterocycles. The van der Waals surface area contributed by atoms with Crippen molar-refractivity contribution in [1.82, 2.24) is 0 Å². The lowest BCUT2D eigenvalue weighted by atomic mass is 10.1. The molecule has 0 saturated carbocycles. The zero-order chi connectivity index (χ0) is 7.07. The van der Waals surface area contributed by atoms with E-state index >= 15 is 0 Å². The predicted molar refractivity (Wildman–Crippen MR) is 45.7 cm³/mol. The molecule has 1 rings (SSSR count). The van der Waals surface area contributed by atoms with Gasteiger partial charge in [0.15, 0.2) is 0 Å². The van der Waals surface area contributed by atoms with Gasteiger partial charge >= 0.3 is 0 Å². The molecule has 0 unspecified atom stereocenters. The molecule has 0 N–H and O–H groups in total. The quantitative estimate of drug-likeness (QED) is 0.489. The molecule has 1 heterocycles. The summed E-state index contributed by atoms with van der Waals surface area (Å²) in [6.45, 7) is 1.07. The summed E-state index contributed by atoms with van der Waals surface area (Å²) in [6.07, 6.45) is 11.6. The Kier molecular flexibility index (Phi) is 4.24. The molecule has 0 atom stereocenters. The van der Waals surface area contributed by atoms with Gasteiger partial charge in [0.2, 0.25) is 0 Å². The van der Waals surface area contributed by atoms with Crippen molar-refractivity contribution in [1.29, 1.82) is 0 Å². The van der Waals surface area contributed by atoms with Crippen LogP contribution < -0.4 is 0 Å². The van der Waals surface area contributed by atoms with E-state index in [0.29, 0.717) is 0 Å². The van der Waals surface area contributed by atoms with E-state index in [1.165, 1.54) is 44.9 Å². The van der Waals surface area contributed by atoms with E-state index in [2.05, 4.69) is 11.2 Å². The third kappa shape index (κ3) is 3.65. The summed E-state index contributed by atoms with van der Waals surface area (Å²) in [4.78, 5) is 4.31. The molecule has 0 aromatic heterocycles. The van der Waals surface area contributed by atoms with Crippen LogP contribution in [0.1, 0.15) is 44.9 Å². The van der Waals surface area contributed by atoms with Gasteiger partial charge in [0, 0.05) is 6.54 Å². The number of hydrogen-bond donors (Lipinski definition) is 0. The molecule has 0 saturated heterocycles. The average molecular weight is 139 g/mol. The van der Waals surface area contributed by atoms with E-state index in [4.69, 9.17) is 0 Å². The highest BCUT2D eigenvalue weighted by Crippen LogP contribution is 2.07. The first-order chi connectivity index (χ1) is 5.00. The van der Waals surface area contributed by atoms with Crippen LogP contribution in [-0.4, -0.2) is 12.8 Å². The van der Waals surface area contributed by atoms with Crippen LogP contribution in [0.5, 0.6) is 0 Å². The standard InChI is InChI=1S/C9H17N/c1-2-4-6-8-10-9-7-5-3-1/h8H,1-7,9H2/b10-8-. The third-order valence-corrected chi connectivity index (χ3v) is 2.00. The van der Waals surface area contributed by atoms with Gasteiger partial charge in [-0.15, -0.1) is 0 Å². The fourth-order valence-corrected chi connectivity index (χ4v) is 1.33. The second-order valence-corrected chi connectivity index (χ2v) is 3.00. The number of hydrogen-bond acceptors (Lipinski definition) is 1. The van der Waals surface area contributed by atoms with Crippen LogP contribution in [0.2, 0.25) is 0 Å². The lowest BCUT2D eigenvalue weighted by Crippen LogP contribution is -1.88. The van der Waals surface area contributed by atoms with Crippen LogP contribution in [-0.2, 0) is 0 Å². The Labute approximate surface area is 63.5 Å². The van der Waals surface area contributed by atoms with Crippen molar-refractivity contribution in [2.24, 2.45) is 4.99 Å². The SMILES string of the molecule is C1=N\CCCCCCCC/1. The fourth-order valence-electron chi connectivity index (χ4n) is 1.33. The molecule has 0 spiro atoms. The Hall–Kier alpha value is -0.330. The maximum absolute atomic E-state index is 4.31. The maximum atomic E-state index is 4.31. The maximum Gasteiger partial charge on any atom is 0.0385 e. The van der Waals surface area contributed by atoms with Crippen molar-refractivity contribution in [3.63, 3.8) is 0 Å². The van der Waals surface area contributed by atoms with Gasteiger partial charge in [-0.25, -0.2) is 0 Å². The first-order valence-electron chi connectivity index (χ1n) is 4.48. The molecular weight excluding hydrogens is 122 g/mol. The highest BCUT2D eigenvalue weighted by Gasteiger charge is 1.92. The highest BCUT2D eigenvalue weighted by molar-refractivity contribution is 5.56. The van der Waals surface area contributed by atoms with E-state index in [9.17, 15) is 0 Å². The van der Waals surface area contributed by atoms with Gasteiger partial charge in [-0.1, -0.05) is 25.7 Å². The fraction of sp³-hybridized carbons (Fsp3) is 0.889. The Morgan fingerprint density at radius 2 is 1.50 bits per heavy atom. The summed E-state index contributed by atoms with van der Waals surface area (Å²) in [5.74, 6) is 0. The summed E-state index contributed by atoms with van der Waals surface area (Å²) in [5.41, 5.74) is 0. The van der Waals surface area contributed by atoms with Crippen LogP contribution in [0.15, 0.2) is 4.99 Å². The summed E-state index contributed by atoms with van der Waals surface area (Å²) < 4.78 is 0. The van der Waals surface area contributed by atoms with E-state index in [0.717, 1.165) is 6.54 Å². The highest BCUT2D eigenvalue weighted by atomic mass is 14.7. The van der Waals surface area contributed by atoms with Gasteiger partial charge in [0.25, 0.3) is 0 Å². The molecular formula is C9H17N. The van der Waals surface area contributed by atoms with Crippen molar-refractivity contribution in [3.8, 4) is 0 Å². The minimum Gasteiger partial charge on any atom is -0.298 e. The monoisotopic (exact) mass is 139 g/mol. The third-order valence-electron chi connectivity index (χ3n) is 2.00. The molecule has 1 aliphatic rings. The van der Waals surface area contributed by atoms with E-state index in [1.54, 1.807) is 0 Å². The number of rotatable bonds is 0. The average Bonchev–Trinajstić information content (AvgIpc) is 2.01. The molecule has 0 aromatic carbocycles. The largest absolute Gasteiger partial charge is 0.298 e. The predicted octanol–water partition coefficient (Wildman–Crippen LogP) is 2.80. The van der Waals surface area contributed by atoms with Crippen molar-refractivity contribution in [2.75, 3.05) is 6.54 Å². The summed E-state index contributed by atoms with van der Waals surface area (Å²) >= 11 is 0. The summed E-state index contributed by atoms with van der Waals surface area (Å²) in [7, 11) is 0. The Balaban J connectivity index is 2.13. The van der Waals surface area contributed by atoms with Crippen LogP contribution in [0.25, 0.3) is 0 Å². The topological polar surface area (TPSA) is 12.4 Å². The van der Waals surface area contributed by atoms with Crippen LogP contribution in [0.3, 0.4) is 0 Å². The molecule has 0 radical (unpaired) electrons. The second kappa shape index (κ2) is 5.45. The van der Waals surface area contributed by atoms with E-state index in [-0.39, 0.29) is 0 Å². The number of aliphatic imine (C=N–C) groups is 1.